The number of nitrogens with zero attached hydrogens (tertiary/aromatic N) is 3. The highest BCUT2D eigenvalue weighted by Gasteiger charge is 2.34. The molecule has 0 saturated carbocycles. The Morgan fingerprint density at radius 1 is 1.30 bits per heavy atom. The van der Waals surface area contributed by atoms with Crippen molar-refractivity contribution in [1.29, 1.82) is 0 Å². The van der Waals surface area contributed by atoms with Crippen LogP contribution in [0, 0.1) is 0 Å². The number of H-pyrrole nitrogens is 1. The van der Waals surface area contributed by atoms with Gasteiger partial charge in [0.25, 0.3) is 0 Å². The lowest BCUT2D eigenvalue weighted by molar-refractivity contribution is 0.194. The molecule has 1 saturated heterocycles. The van der Waals surface area contributed by atoms with Crippen LogP contribution in [0.4, 0.5) is 5.82 Å². The van der Waals surface area contributed by atoms with Crippen LogP contribution in [-0.2, 0) is 0 Å². The molecule has 118 valence electrons. The van der Waals surface area contributed by atoms with Gasteiger partial charge >= 0.3 is 0 Å². The minimum atomic E-state index is -0.379. The van der Waals surface area contributed by atoms with Gasteiger partial charge in [-0.15, -0.1) is 0 Å². The molecular formula is C17H18N4O2. The number of ether oxygens (including phenoxy) is 1. The number of methoxy groups -OCH3 is 1. The van der Waals surface area contributed by atoms with E-state index in [0.29, 0.717) is 13.0 Å². The Bertz CT molecular complexity index is 832. The number of hydrogen-bond donors (Lipinski definition) is 2. The van der Waals surface area contributed by atoms with Crippen LogP contribution in [0.25, 0.3) is 11.0 Å². The fourth-order valence-corrected chi connectivity index (χ4v) is 3.30. The third kappa shape index (κ3) is 2.41. The van der Waals surface area contributed by atoms with E-state index in [1.54, 1.807) is 13.4 Å². The molecule has 0 amide bonds. The molecule has 1 fully saturated rings. The zero-order chi connectivity index (χ0) is 15.8. The normalized spacial score (nSPS) is 21.0. The second-order valence-electron chi connectivity index (χ2n) is 5.77. The highest BCUT2D eigenvalue weighted by atomic mass is 16.5. The van der Waals surface area contributed by atoms with Gasteiger partial charge in [-0.1, -0.05) is 12.1 Å². The van der Waals surface area contributed by atoms with Crippen molar-refractivity contribution in [2.45, 2.75) is 18.6 Å². The molecular weight excluding hydrogens is 292 g/mol. The molecule has 3 aromatic rings. The molecule has 0 spiro atoms. The number of aromatic amines is 1. The van der Waals surface area contributed by atoms with Crippen LogP contribution in [0.5, 0.6) is 5.75 Å². The minimum absolute atomic E-state index is 0.0631. The van der Waals surface area contributed by atoms with E-state index in [0.717, 1.165) is 28.2 Å². The zero-order valence-corrected chi connectivity index (χ0v) is 12.8. The molecule has 0 aliphatic carbocycles. The molecule has 3 heterocycles. The van der Waals surface area contributed by atoms with Gasteiger partial charge in [0.05, 0.1) is 24.6 Å². The van der Waals surface area contributed by atoms with Crippen LogP contribution in [0.15, 0.2) is 42.9 Å². The summed E-state index contributed by atoms with van der Waals surface area (Å²) in [6, 6.07) is 10.0. The summed E-state index contributed by atoms with van der Waals surface area (Å²) < 4.78 is 5.33. The smallest absolute Gasteiger partial charge is 0.142 e. The first-order valence-electron chi connectivity index (χ1n) is 7.63. The first-order valence-corrected chi connectivity index (χ1v) is 7.63. The lowest BCUT2D eigenvalue weighted by atomic mass is 10.0. The Balaban J connectivity index is 1.78. The van der Waals surface area contributed by atoms with E-state index in [1.807, 2.05) is 30.5 Å². The van der Waals surface area contributed by atoms with Crippen molar-refractivity contribution in [3.05, 3.63) is 48.4 Å². The number of fused-ring (bicyclic) bond motifs is 1. The summed E-state index contributed by atoms with van der Waals surface area (Å²) >= 11 is 0. The number of aliphatic hydroxyl groups is 1. The van der Waals surface area contributed by atoms with Gasteiger partial charge in [-0.25, -0.2) is 9.97 Å². The molecule has 0 radical (unpaired) electrons. The lowest BCUT2D eigenvalue weighted by Gasteiger charge is -2.26. The van der Waals surface area contributed by atoms with Gasteiger partial charge < -0.3 is 19.7 Å². The largest absolute Gasteiger partial charge is 0.497 e. The van der Waals surface area contributed by atoms with Crippen LogP contribution >= 0.6 is 0 Å². The van der Waals surface area contributed by atoms with E-state index in [-0.39, 0.29) is 12.1 Å². The van der Waals surface area contributed by atoms with Crippen molar-refractivity contribution >= 4 is 16.9 Å². The maximum absolute atomic E-state index is 10.2. The average Bonchev–Trinajstić information content (AvgIpc) is 3.21. The summed E-state index contributed by atoms with van der Waals surface area (Å²) in [6.45, 7) is 0.555. The molecule has 2 atom stereocenters. The number of rotatable bonds is 3. The summed E-state index contributed by atoms with van der Waals surface area (Å²) in [5, 5.41) is 11.2. The summed E-state index contributed by atoms with van der Waals surface area (Å²) in [6.07, 6.45) is 3.70. The van der Waals surface area contributed by atoms with Crippen molar-refractivity contribution in [1.82, 2.24) is 15.0 Å². The van der Waals surface area contributed by atoms with E-state index in [9.17, 15) is 5.11 Å². The highest BCUT2D eigenvalue weighted by molar-refractivity contribution is 5.87. The SMILES string of the molecule is COc1cccc([C@@H]2C[C@H](O)CN2c2ncnc3[nH]ccc23)c1. The zero-order valence-electron chi connectivity index (χ0n) is 12.8. The molecule has 1 aliphatic heterocycles. The van der Waals surface area contributed by atoms with Crippen LogP contribution in [-0.4, -0.2) is 39.8 Å². The van der Waals surface area contributed by atoms with E-state index in [4.69, 9.17) is 4.74 Å². The van der Waals surface area contributed by atoms with Gasteiger partial charge in [0.1, 0.15) is 23.5 Å². The standard InChI is InChI=1S/C17H18N4O2/c1-23-13-4-2-3-11(7-13)15-8-12(22)9-21(15)17-14-5-6-18-16(14)19-10-20-17/h2-7,10,12,15,22H,8-9H2,1H3,(H,18,19,20)/t12-,15-/m0/s1. The topological polar surface area (TPSA) is 74.3 Å². The second kappa shape index (κ2) is 5.55. The van der Waals surface area contributed by atoms with E-state index in [2.05, 4.69) is 25.9 Å². The number of nitrogens with one attached hydrogen (secondary N) is 1. The van der Waals surface area contributed by atoms with Gasteiger partial charge in [-0.3, -0.25) is 0 Å². The molecule has 1 aromatic carbocycles. The van der Waals surface area contributed by atoms with Gasteiger partial charge in [0.15, 0.2) is 0 Å². The molecule has 4 rings (SSSR count). The van der Waals surface area contributed by atoms with E-state index < -0.39 is 0 Å². The molecule has 6 heteroatoms. The van der Waals surface area contributed by atoms with E-state index >= 15 is 0 Å². The first-order chi connectivity index (χ1) is 11.3. The van der Waals surface area contributed by atoms with Crippen molar-refractivity contribution < 1.29 is 9.84 Å². The number of β-amino-alcohol motifs (C(OH)–C–C–N with tert-alkyl or cyclic N) is 1. The maximum Gasteiger partial charge on any atom is 0.142 e. The summed E-state index contributed by atoms with van der Waals surface area (Å²) in [5.74, 6) is 1.67. The molecule has 2 aromatic heterocycles. The number of anilines is 1. The number of aromatic nitrogens is 3. The monoisotopic (exact) mass is 310 g/mol. The average molecular weight is 310 g/mol. The lowest BCUT2D eigenvalue weighted by Crippen LogP contribution is -2.25. The van der Waals surface area contributed by atoms with E-state index in [1.165, 1.54) is 0 Å². The Hall–Kier alpha value is -2.60. The second-order valence-corrected chi connectivity index (χ2v) is 5.77. The fourth-order valence-electron chi connectivity index (χ4n) is 3.30. The van der Waals surface area contributed by atoms with Crippen molar-refractivity contribution in [2.75, 3.05) is 18.6 Å². The number of hydrogen-bond acceptors (Lipinski definition) is 5. The summed E-state index contributed by atoms with van der Waals surface area (Å²) in [5.41, 5.74) is 1.92. The van der Waals surface area contributed by atoms with Crippen LogP contribution in [0.3, 0.4) is 0 Å². The number of benzene rings is 1. The van der Waals surface area contributed by atoms with Crippen LogP contribution in [0.2, 0.25) is 0 Å². The quantitative estimate of drug-likeness (QED) is 0.776. The maximum atomic E-state index is 10.2. The van der Waals surface area contributed by atoms with Crippen molar-refractivity contribution in [3.8, 4) is 5.75 Å². The van der Waals surface area contributed by atoms with Gasteiger partial charge in [-0.2, -0.15) is 0 Å². The minimum Gasteiger partial charge on any atom is -0.497 e. The summed E-state index contributed by atoms with van der Waals surface area (Å²) in [4.78, 5) is 14.0. The fraction of sp³-hybridized carbons (Fsp3) is 0.294. The van der Waals surface area contributed by atoms with Crippen molar-refractivity contribution in [3.63, 3.8) is 0 Å². The molecule has 0 unspecified atom stereocenters. The third-order valence-corrected chi connectivity index (χ3v) is 4.36. The Morgan fingerprint density at radius 2 is 2.22 bits per heavy atom. The molecule has 1 aliphatic rings. The number of aliphatic hydroxyl groups excluding tert-OH is 1. The van der Waals surface area contributed by atoms with Crippen LogP contribution < -0.4 is 9.64 Å². The molecule has 2 N–H and O–H groups in total. The molecule has 23 heavy (non-hydrogen) atoms. The van der Waals surface area contributed by atoms with Crippen LogP contribution in [0.1, 0.15) is 18.0 Å². The predicted molar refractivity (Wildman–Crippen MR) is 87.6 cm³/mol. The summed E-state index contributed by atoms with van der Waals surface area (Å²) in [7, 11) is 1.66. The molecule has 0 bridgehead atoms. The predicted octanol–water partition coefficient (Wildman–Crippen LogP) is 2.28. The van der Waals surface area contributed by atoms with Gasteiger partial charge in [0, 0.05) is 12.7 Å². The Morgan fingerprint density at radius 3 is 3.09 bits per heavy atom. The van der Waals surface area contributed by atoms with Crippen molar-refractivity contribution in [2.24, 2.45) is 0 Å². The Kier molecular flexibility index (Phi) is 3.38. The molecule has 6 nitrogen and oxygen atoms in total. The van der Waals surface area contributed by atoms with Gasteiger partial charge in [-0.05, 0) is 30.2 Å². The highest BCUT2D eigenvalue weighted by Crippen LogP contribution is 2.38. The Labute approximate surface area is 133 Å². The first kappa shape index (κ1) is 14.0. The van der Waals surface area contributed by atoms with Gasteiger partial charge in [0.2, 0.25) is 0 Å². The third-order valence-electron chi connectivity index (χ3n) is 4.36.